The Kier molecular flexibility index (Phi) is 5.39. The number of benzene rings is 3. The molecule has 35 heavy (non-hydrogen) atoms. The van der Waals surface area contributed by atoms with Crippen molar-refractivity contribution in [3.05, 3.63) is 90.3 Å². The van der Waals surface area contributed by atoms with E-state index in [1.54, 1.807) is 6.07 Å². The van der Waals surface area contributed by atoms with E-state index in [-0.39, 0.29) is 11.7 Å². The minimum Gasteiger partial charge on any atom is -0.506 e. The van der Waals surface area contributed by atoms with Gasteiger partial charge in [0.25, 0.3) is 0 Å². The van der Waals surface area contributed by atoms with E-state index >= 15 is 0 Å². The van der Waals surface area contributed by atoms with Gasteiger partial charge < -0.3 is 19.3 Å². The zero-order valence-corrected chi connectivity index (χ0v) is 20.4. The van der Waals surface area contributed by atoms with Crippen molar-refractivity contribution < 1.29 is 14.6 Å². The first-order valence-corrected chi connectivity index (χ1v) is 11.7. The fourth-order valence-electron chi connectivity index (χ4n) is 5.50. The fourth-order valence-corrected chi connectivity index (χ4v) is 5.50. The number of hydrogen-bond acceptors (Lipinski definition) is 5. The number of aliphatic imine (C=N–C) groups is 1. The van der Waals surface area contributed by atoms with E-state index in [1.165, 1.54) is 7.11 Å². The molecular formula is C29H29N3O3. The normalized spacial score (nSPS) is 18.8. The van der Waals surface area contributed by atoms with Gasteiger partial charge in [-0.1, -0.05) is 44.2 Å². The van der Waals surface area contributed by atoms with Gasteiger partial charge in [-0.25, -0.2) is 4.79 Å². The van der Waals surface area contributed by atoms with Crippen molar-refractivity contribution in [2.24, 2.45) is 4.99 Å². The van der Waals surface area contributed by atoms with Crippen LogP contribution in [0.15, 0.2) is 84.1 Å². The number of likely N-dealkylation sites (N-methyl/N-ethyl adjacent to an activating group) is 1. The lowest BCUT2D eigenvalue weighted by Gasteiger charge is -2.46. The molecule has 1 N–H and O–H groups in total. The molecule has 0 aliphatic carbocycles. The number of ether oxygens (including phenoxy) is 1. The first kappa shape index (κ1) is 22.7. The number of carbonyl (C=O) groups is 1. The quantitative estimate of drug-likeness (QED) is 0.288. The van der Waals surface area contributed by atoms with Gasteiger partial charge in [0.15, 0.2) is 5.66 Å². The molecule has 1 aliphatic heterocycles. The molecule has 4 aromatic rings. The fraction of sp³-hybridized carbons (Fsp3) is 0.241. The summed E-state index contributed by atoms with van der Waals surface area (Å²) in [4.78, 5) is 19.6. The second-order valence-electron chi connectivity index (χ2n) is 9.32. The highest BCUT2D eigenvalue weighted by Crippen LogP contribution is 2.54. The van der Waals surface area contributed by atoms with Crippen LogP contribution in [0.4, 0.5) is 11.4 Å². The summed E-state index contributed by atoms with van der Waals surface area (Å²) in [7, 11) is 1.40. The molecule has 6 heteroatoms. The van der Waals surface area contributed by atoms with E-state index in [0.717, 1.165) is 22.0 Å². The molecule has 0 saturated heterocycles. The van der Waals surface area contributed by atoms with E-state index in [9.17, 15) is 9.90 Å². The van der Waals surface area contributed by atoms with Crippen LogP contribution in [0.2, 0.25) is 0 Å². The summed E-state index contributed by atoms with van der Waals surface area (Å²) in [6.07, 6.45) is 6.01. The van der Waals surface area contributed by atoms with Crippen LogP contribution < -0.4 is 4.90 Å². The minimum atomic E-state index is -0.730. The number of hydrogen-bond donors (Lipinski definition) is 1. The number of fused-ring (bicyclic) bond motifs is 2. The lowest BCUT2D eigenvalue weighted by Crippen LogP contribution is -2.58. The molecule has 178 valence electrons. The Morgan fingerprint density at radius 3 is 2.51 bits per heavy atom. The van der Waals surface area contributed by atoms with Crippen LogP contribution in [0, 0.1) is 0 Å². The zero-order valence-electron chi connectivity index (χ0n) is 20.4. The van der Waals surface area contributed by atoms with Crippen LogP contribution >= 0.6 is 0 Å². The Bertz CT molecular complexity index is 1440. The lowest BCUT2D eigenvalue weighted by atomic mass is 9.75. The van der Waals surface area contributed by atoms with Gasteiger partial charge in [0, 0.05) is 35.4 Å². The van der Waals surface area contributed by atoms with Crippen molar-refractivity contribution >= 4 is 34.3 Å². The topological polar surface area (TPSA) is 67.1 Å². The molecule has 0 saturated carbocycles. The van der Waals surface area contributed by atoms with Crippen LogP contribution in [0.5, 0.6) is 5.75 Å². The highest BCUT2D eigenvalue weighted by Gasteiger charge is 2.57. The van der Waals surface area contributed by atoms with Gasteiger partial charge >= 0.3 is 5.97 Å². The average Bonchev–Trinajstić information content (AvgIpc) is 3.47. The van der Waals surface area contributed by atoms with Gasteiger partial charge in [0.1, 0.15) is 11.4 Å². The second-order valence-corrected chi connectivity index (χ2v) is 9.32. The van der Waals surface area contributed by atoms with Crippen LogP contribution in [0.3, 0.4) is 0 Å². The number of aromatic hydroxyl groups is 1. The molecule has 1 atom stereocenters. The predicted octanol–water partition coefficient (Wildman–Crippen LogP) is 6.01. The van der Waals surface area contributed by atoms with Gasteiger partial charge in [-0.05, 0) is 54.3 Å². The summed E-state index contributed by atoms with van der Waals surface area (Å²) in [5, 5.41) is 12.7. The Labute approximate surface area is 205 Å². The lowest BCUT2D eigenvalue weighted by molar-refractivity contribution is 0.0600. The molecule has 1 unspecified atom stereocenters. The molecule has 0 fully saturated rings. The number of anilines is 1. The molecule has 5 rings (SSSR count). The standard InChI is InChI=1S/C29H29N3O3/c1-5-32-24-14-12-21(27(34)35-4)18-23(24)28(2,3)29(32,31-16-8-9-17-31)19-30-26-22-11-7-6-10-20(22)13-15-25(26)33/h6-19,33H,5H2,1-4H3. The number of nitrogens with zero attached hydrogens (tertiary/aromatic N) is 3. The van der Waals surface area contributed by atoms with E-state index in [0.29, 0.717) is 17.8 Å². The van der Waals surface area contributed by atoms with Gasteiger partial charge in [-0.2, -0.15) is 0 Å². The molecular weight excluding hydrogens is 438 g/mol. The smallest absolute Gasteiger partial charge is 0.337 e. The number of rotatable bonds is 5. The molecule has 1 aromatic heterocycles. The third-order valence-electron chi connectivity index (χ3n) is 7.28. The molecule has 0 amide bonds. The molecule has 0 radical (unpaired) electrons. The maximum absolute atomic E-state index is 12.3. The van der Waals surface area contributed by atoms with E-state index in [1.807, 2.05) is 79.3 Å². The Morgan fingerprint density at radius 2 is 1.80 bits per heavy atom. The van der Waals surface area contributed by atoms with Crippen molar-refractivity contribution in [1.29, 1.82) is 0 Å². The summed E-state index contributed by atoms with van der Waals surface area (Å²) in [6, 6.07) is 21.2. The zero-order chi connectivity index (χ0) is 24.8. The second kappa shape index (κ2) is 8.31. The van der Waals surface area contributed by atoms with Crippen molar-refractivity contribution in [2.45, 2.75) is 31.8 Å². The van der Waals surface area contributed by atoms with Crippen LogP contribution in [-0.2, 0) is 15.8 Å². The van der Waals surface area contributed by atoms with Gasteiger partial charge in [0.2, 0.25) is 0 Å². The van der Waals surface area contributed by atoms with Crippen LogP contribution in [0.1, 0.15) is 36.7 Å². The summed E-state index contributed by atoms with van der Waals surface area (Å²) >= 11 is 0. The number of phenolic OH excluding ortho intramolecular Hbond substituents is 1. The number of carbonyl (C=O) groups excluding carboxylic acids is 1. The first-order chi connectivity index (χ1) is 16.8. The van der Waals surface area contributed by atoms with Crippen molar-refractivity contribution in [1.82, 2.24) is 4.57 Å². The van der Waals surface area contributed by atoms with E-state index < -0.39 is 11.1 Å². The average molecular weight is 468 g/mol. The van der Waals surface area contributed by atoms with E-state index in [2.05, 4.69) is 30.2 Å². The Morgan fingerprint density at radius 1 is 1.06 bits per heavy atom. The molecule has 1 aliphatic rings. The van der Waals surface area contributed by atoms with Gasteiger partial charge in [-0.3, -0.25) is 4.99 Å². The molecule has 6 nitrogen and oxygen atoms in total. The highest BCUT2D eigenvalue weighted by atomic mass is 16.5. The van der Waals surface area contributed by atoms with Crippen LogP contribution in [0.25, 0.3) is 10.8 Å². The monoisotopic (exact) mass is 467 g/mol. The first-order valence-electron chi connectivity index (χ1n) is 11.7. The predicted molar refractivity (Wildman–Crippen MR) is 140 cm³/mol. The third-order valence-corrected chi connectivity index (χ3v) is 7.28. The maximum Gasteiger partial charge on any atom is 0.337 e. The van der Waals surface area contributed by atoms with Gasteiger partial charge in [-0.15, -0.1) is 0 Å². The number of esters is 1. The maximum atomic E-state index is 12.3. The minimum absolute atomic E-state index is 0.131. The Hall–Kier alpha value is -4.06. The summed E-state index contributed by atoms with van der Waals surface area (Å²) < 4.78 is 7.14. The third kappa shape index (κ3) is 3.24. The van der Waals surface area contributed by atoms with Crippen molar-refractivity contribution in [2.75, 3.05) is 18.6 Å². The van der Waals surface area contributed by atoms with E-state index in [4.69, 9.17) is 9.73 Å². The summed E-state index contributed by atoms with van der Waals surface area (Å²) in [5.41, 5.74) is 1.89. The van der Waals surface area contributed by atoms with Crippen molar-refractivity contribution in [3.63, 3.8) is 0 Å². The Balaban J connectivity index is 1.76. The highest BCUT2D eigenvalue weighted by molar-refractivity contribution is 5.98. The number of phenols is 1. The number of methoxy groups -OCH3 is 1. The summed E-state index contributed by atoms with van der Waals surface area (Å²) in [5.74, 6) is -0.230. The molecule has 3 aromatic carbocycles. The summed E-state index contributed by atoms with van der Waals surface area (Å²) in [6.45, 7) is 7.15. The molecule has 0 spiro atoms. The van der Waals surface area contributed by atoms with Gasteiger partial charge in [0.05, 0.1) is 18.9 Å². The number of aromatic nitrogens is 1. The van der Waals surface area contributed by atoms with Crippen LogP contribution in [-0.4, -0.2) is 35.5 Å². The molecule has 0 bridgehead atoms. The SMILES string of the molecule is CCN1c2ccc(C(=O)OC)cc2C(C)(C)C1(C=Nc1c(O)ccc2ccccc12)n1cccc1. The molecule has 2 heterocycles. The largest absolute Gasteiger partial charge is 0.506 e. The van der Waals surface area contributed by atoms with Crippen molar-refractivity contribution in [3.8, 4) is 5.75 Å².